The van der Waals surface area contributed by atoms with Crippen LogP contribution < -0.4 is 5.32 Å². The summed E-state index contributed by atoms with van der Waals surface area (Å²) in [7, 11) is 0. The minimum Gasteiger partial charge on any atom is -0.381 e. The lowest BCUT2D eigenvalue weighted by atomic mass is 10.2. The highest BCUT2D eigenvalue weighted by atomic mass is 32.2. The van der Waals surface area contributed by atoms with E-state index < -0.39 is 0 Å². The van der Waals surface area contributed by atoms with Gasteiger partial charge in [0, 0.05) is 37.5 Å². The van der Waals surface area contributed by atoms with E-state index in [-0.39, 0.29) is 0 Å². The molecule has 0 aliphatic carbocycles. The fourth-order valence-corrected chi connectivity index (χ4v) is 3.28. The maximum Gasteiger partial charge on any atom is 0.132 e. The number of nitrogens with one attached hydrogen (secondary N) is 1. The summed E-state index contributed by atoms with van der Waals surface area (Å²) in [6.45, 7) is 7.06. The molecule has 1 aliphatic rings. The number of anilines is 1. The third kappa shape index (κ3) is 4.94. The average Bonchev–Trinajstić information content (AvgIpc) is 2.46. The van der Waals surface area contributed by atoms with Crippen LogP contribution in [0.3, 0.4) is 0 Å². The van der Waals surface area contributed by atoms with Gasteiger partial charge in [-0.25, -0.2) is 9.97 Å². The Bertz CT molecular complexity index is 408. The van der Waals surface area contributed by atoms with Gasteiger partial charge < -0.3 is 10.1 Å². The molecule has 1 N–H and O–H groups in total. The largest absolute Gasteiger partial charge is 0.381 e. The number of nitrogens with zero attached hydrogens (tertiary/aromatic N) is 2. The zero-order chi connectivity index (χ0) is 14.2. The van der Waals surface area contributed by atoms with E-state index in [0.29, 0.717) is 5.25 Å². The highest BCUT2D eigenvalue weighted by molar-refractivity contribution is 7.99. The van der Waals surface area contributed by atoms with Crippen molar-refractivity contribution >= 4 is 17.6 Å². The van der Waals surface area contributed by atoms with Gasteiger partial charge in [0.05, 0.1) is 0 Å². The van der Waals surface area contributed by atoms with Crippen molar-refractivity contribution < 1.29 is 4.74 Å². The molecule has 0 unspecified atom stereocenters. The maximum atomic E-state index is 5.42. The van der Waals surface area contributed by atoms with Gasteiger partial charge >= 0.3 is 0 Å². The van der Waals surface area contributed by atoms with Gasteiger partial charge in [-0.15, -0.1) is 11.8 Å². The third-order valence-corrected chi connectivity index (χ3v) is 4.49. The Morgan fingerprint density at radius 1 is 1.25 bits per heavy atom. The molecular formula is C15H25N3OS. The maximum absolute atomic E-state index is 5.42. The Balaban J connectivity index is 2.06. The van der Waals surface area contributed by atoms with Crippen molar-refractivity contribution in [3.8, 4) is 0 Å². The quantitative estimate of drug-likeness (QED) is 0.780. The van der Waals surface area contributed by atoms with Crippen LogP contribution in [-0.4, -0.2) is 35.0 Å². The molecule has 112 valence electrons. The van der Waals surface area contributed by atoms with Crippen LogP contribution in [0.5, 0.6) is 0 Å². The van der Waals surface area contributed by atoms with Gasteiger partial charge in [0.2, 0.25) is 0 Å². The fourth-order valence-electron chi connectivity index (χ4n) is 2.18. The molecule has 1 aromatic rings. The van der Waals surface area contributed by atoms with Gasteiger partial charge in [0.1, 0.15) is 16.7 Å². The van der Waals surface area contributed by atoms with Crippen molar-refractivity contribution in [1.82, 2.24) is 9.97 Å². The lowest BCUT2D eigenvalue weighted by molar-refractivity contribution is 0.1000. The van der Waals surface area contributed by atoms with Crippen LogP contribution in [0.4, 0.5) is 5.82 Å². The summed E-state index contributed by atoms with van der Waals surface area (Å²) in [6.07, 6.45) is 5.38. The number of ether oxygens (including phenoxy) is 1. The van der Waals surface area contributed by atoms with E-state index in [2.05, 4.69) is 30.2 Å². The SMILES string of the molecule is CCCNc1cc(SC2CCOCC2)nc(CCC)n1. The van der Waals surface area contributed by atoms with Gasteiger partial charge in [0.15, 0.2) is 0 Å². The van der Waals surface area contributed by atoms with Crippen molar-refractivity contribution in [3.05, 3.63) is 11.9 Å². The second-order valence-corrected chi connectivity index (χ2v) is 6.43. The zero-order valence-electron chi connectivity index (χ0n) is 12.5. The van der Waals surface area contributed by atoms with Crippen LogP contribution >= 0.6 is 11.8 Å². The summed E-state index contributed by atoms with van der Waals surface area (Å²) in [4.78, 5) is 9.29. The van der Waals surface area contributed by atoms with Gasteiger partial charge in [-0.05, 0) is 25.7 Å². The number of aryl methyl sites for hydroxylation is 1. The molecule has 0 atom stereocenters. The number of rotatable bonds is 7. The Hall–Kier alpha value is -0.810. The number of hydrogen-bond donors (Lipinski definition) is 1. The second-order valence-electron chi connectivity index (χ2n) is 5.11. The number of aromatic nitrogens is 2. The summed E-state index contributed by atoms with van der Waals surface area (Å²) in [6, 6.07) is 2.09. The summed E-state index contributed by atoms with van der Waals surface area (Å²) < 4.78 is 5.42. The van der Waals surface area contributed by atoms with Crippen LogP contribution in [0.15, 0.2) is 11.1 Å². The van der Waals surface area contributed by atoms with Crippen LogP contribution in [0.1, 0.15) is 45.4 Å². The van der Waals surface area contributed by atoms with Gasteiger partial charge in [0.25, 0.3) is 0 Å². The van der Waals surface area contributed by atoms with E-state index in [1.54, 1.807) is 0 Å². The molecule has 0 radical (unpaired) electrons. The Kier molecular flexibility index (Phi) is 6.60. The average molecular weight is 295 g/mol. The standard InChI is InChI=1S/C15H25N3OS/c1-3-5-13-17-14(16-8-4-2)11-15(18-13)20-12-6-9-19-10-7-12/h11-12H,3-10H2,1-2H3,(H,16,17,18). The second kappa shape index (κ2) is 8.47. The molecule has 5 heteroatoms. The van der Waals surface area contributed by atoms with Crippen molar-refractivity contribution in [2.75, 3.05) is 25.1 Å². The van der Waals surface area contributed by atoms with E-state index in [0.717, 1.165) is 68.5 Å². The number of hydrogen-bond acceptors (Lipinski definition) is 5. The lowest BCUT2D eigenvalue weighted by Gasteiger charge is -2.21. The molecule has 1 aliphatic heterocycles. The highest BCUT2D eigenvalue weighted by Gasteiger charge is 2.16. The first-order valence-electron chi connectivity index (χ1n) is 7.68. The van der Waals surface area contributed by atoms with Crippen molar-refractivity contribution in [1.29, 1.82) is 0 Å². The first-order valence-corrected chi connectivity index (χ1v) is 8.56. The molecule has 0 bridgehead atoms. The van der Waals surface area contributed by atoms with Gasteiger partial charge in [-0.3, -0.25) is 0 Å². The first kappa shape index (κ1) is 15.6. The lowest BCUT2D eigenvalue weighted by Crippen LogP contribution is -2.17. The summed E-state index contributed by atoms with van der Waals surface area (Å²) in [5.41, 5.74) is 0. The smallest absolute Gasteiger partial charge is 0.132 e. The molecule has 20 heavy (non-hydrogen) atoms. The zero-order valence-corrected chi connectivity index (χ0v) is 13.3. The molecule has 1 saturated heterocycles. The topological polar surface area (TPSA) is 47.0 Å². The summed E-state index contributed by atoms with van der Waals surface area (Å²) in [5.74, 6) is 1.93. The van der Waals surface area contributed by atoms with Crippen molar-refractivity contribution in [3.63, 3.8) is 0 Å². The molecule has 1 aromatic heterocycles. The van der Waals surface area contributed by atoms with Gasteiger partial charge in [-0.2, -0.15) is 0 Å². The van der Waals surface area contributed by atoms with Crippen LogP contribution in [-0.2, 0) is 11.2 Å². The Morgan fingerprint density at radius 3 is 2.75 bits per heavy atom. The molecule has 4 nitrogen and oxygen atoms in total. The van der Waals surface area contributed by atoms with E-state index in [4.69, 9.17) is 9.72 Å². The first-order chi connectivity index (χ1) is 9.81. The van der Waals surface area contributed by atoms with E-state index in [1.165, 1.54) is 0 Å². The third-order valence-electron chi connectivity index (χ3n) is 3.23. The molecule has 1 fully saturated rings. The van der Waals surface area contributed by atoms with Gasteiger partial charge in [-0.1, -0.05) is 13.8 Å². The summed E-state index contributed by atoms with van der Waals surface area (Å²) >= 11 is 1.88. The van der Waals surface area contributed by atoms with Crippen LogP contribution in [0, 0.1) is 0 Å². The summed E-state index contributed by atoms with van der Waals surface area (Å²) in [5, 5.41) is 5.12. The fraction of sp³-hybridized carbons (Fsp3) is 0.733. The minimum atomic E-state index is 0.632. The van der Waals surface area contributed by atoms with Crippen LogP contribution in [0.2, 0.25) is 0 Å². The van der Waals surface area contributed by atoms with E-state index in [1.807, 2.05) is 11.8 Å². The molecule has 2 rings (SSSR count). The predicted molar refractivity (Wildman–Crippen MR) is 84.5 cm³/mol. The molecular weight excluding hydrogens is 270 g/mol. The van der Waals surface area contributed by atoms with E-state index >= 15 is 0 Å². The Morgan fingerprint density at radius 2 is 2.05 bits per heavy atom. The van der Waals surface area contributed by atoms with Crippen LogP contribution in [0.25, 0.3) is 0 Å². The monoisotopic (exact) mass is 295 g/mol. The Labute approximate surface area is 126 Å². The van der Waals surface area contributed by atoms with Crippen molar-refractivity contribution in [2.24, 2.45) is 0 Å². The number of thioether (sulfide) groups is 1. The highest BCUT2D eigenvalue weighted by Crippen LogP contribution is 2.29. The molecule has 0 saturated carbocycles. The van der Waals surface area contributed by atoms with E-state index in [9.17, 15) is 0 Å². The molecule has 0 amide bonds. The molecule has 0 spiro atoms. The normalized spacial score (nSPS) is 16.3. The minimum absolute atomic E-state index is 0.632. The predicted octanol–water partition coefficient (Wildman–Crippen LogP) is 3.52. The van der Waals surface area contributed by atoms with Crippen molar-refractivity contribution in [2.45, 2.75) is 56.2 Å². The molecule has 2 heterocycles. The molecule has 0 aromatic carbocycles.